The number of carbonyl (C=O) groups is 4. The van der Waals surface area contributed by atoms with Crippen molar-refractivity contribution in [3.05, 3.63) is 40.7 Å². The fraction of sp³-hybridized carbons (Fsp3) is 0.478. The first-order chi connectivity index (χ1) is 15.8. The summed E-state index contributed by atoms with van der Waals surface area (Å²) >= 11 is 5.73. The number of carbonyl (C=O) groups excluding carboxylic acids is 4. The van der Waals surface area contributed by atoms with Gasteiger partial charge in [-0.05, 0) is 43.4 Å². The van der Waals surface area contributed by atoms with Gasteiger partial charge in [-0.2, -0.15) is 0 Å². The molecule has 0 spiro atoms. The predicted molar refractivity (Wildman–Crippen MR) is 119 cm³/mol. The van der Waals surface area contributed by atoms with Crippen molar-refractivity contribution >= 4 is 41.4 Å². The number of rotatable bonds is 10. The third-order valence-electron chi connectivity index (χ3n) is 5.76. The molecule has 10 heteroatoms. The summed E-state index contributed by atoms with van der Waals surface area (Å²) in [5.74, 6) is -2.60. The van der Waals surface area contributed by atoms with Crippen molar-refractivity contribution in [2.24, 2.45) is 11.8 Å². The maximum Gasteiger partial charge on any atom is 0.328 e. The highest BCUT2D eigenvalue weighted by Crippen LogP contribution is 2.33. The molecule has 178 valence electrons. The van der Waals surface area contributed by atoms with Crippen LogP contribution in [0, 0.1) is 17.7 Å². The van der Waals surface area contributed by atoms with Crippen LogP contribution in [-0.2, 0) is 23.9 Å². The summed E-state index contributed by atoms with van der Waals surface area (Å²) in [5, 5.41) is 8.21. The lowest BCUT2D eigenvalue weighted by atomic mass is 9.98. The van der Waals surface area contributed by atoms with Crippen LogP contribution in [0.5, 0.6) is 0 Å². The van der Waals surface area contributed by atoms with Gasteiger partial charge < -0.3 is 20.7 Å². The van der Waals surface area contributed by atoms with Crippen LogP contribution in [0.25, 0.3) is 6.08 Å². The molecule has 3 rings (SSSR count). The summed E-state index contributed by atoms with van der Waals surface area (Å²) in [5.41, 5.74) is 0.179. The van der Waals surface area contributed by atoms with Gasteiger partial charge in [0.15, 0.2) is 0 Å². The second kappa shape index (κ2) is 11.3. The maximum atomic E-state index is 13.9. The first kappa shape index (κ1) is 24.7. The molecule has 3 N–H and O–H groups in total. The van der Waals surface area contributed by atoms with Crippen molar-refractivity contribution in [2.45, 2.75) is 44.2 Å². The quantitative estimate of drug-likeness (QED) is 0.350. The number of methoxy groups -OCH3 is 1. The summed E-state index contributed by atoms with van der Waals surface area (Å²) in [4.78, 5) is 49.5. The Morgan fingerprint density at radius 3 is 2.58 bits per heavy atom. The highest BCUT2D eigenvalue weighted by atomic mass is 35.5. The minimum atomic E-state index is -1.01. The van der Waals surface area contributed by atoms with Gasteiger partial charge in [-0.15, -0.1) is 0 Å². The number of hydrogen-bond donors (Lipinski definition) is 3. The predicted octanol–water partition coefficient (Wildman–Crippen LogP) is 1.96. The zero-order valence-corrected chi connectivity index (χ0v) is 19.0. The summed E-state index contributed by atoms with van der Waals surface area (Å²) in [6, 6.07) is 2.20. The summed E-state index contributed by atoms with van der Waals surface area (Å²) in [6.45, 7) is 0.520. The monoisotopic (exact) mass is 479 g/mol. The highest BCUT2D eigenvalue weighted by Gasteiger charge is 2.35. The molecular weight excluding hydrogens is 453 g/mol. The molecule has 0 radical (unpaired) electrons. The zero-order valence-electron chi connectivity index (χ0n) is 18.2. The average molecular weight is 480 g/mol. The molecule has 2 fully saturated rings. The van der Waals surface area contributed by atoms with Gasteiger partial charge in [-0.3, -0.25) is 14.4 Å². The first-order valence-electron chi connectivity index (χ1n) is 10.9. The van der Waals surface area contributed by atoms with Crippen LogP contribution in [0.2, 0.25) is 5.02 Å². The third kappa shape index (κ3) is 7.28. The first-order valence-corrected chi connectivity index (χ1v) is 11.2. The van der Waals surface area contributed by atoms with E-state index in [1.165, 1.54) is 25.3 Å². The van der Waals surface area contributed by atoms with E-state index in [4.69, 9.17) is 16.3 Å². The molecule has 33 heavy (non-hydrogen) atoms. The number of nitrogens with one attached hydrogen (secondary N) is 3. The van der Waals surface area contributed by atoms with Crippen molar-refractivity contribution in [1.29, 1.82) is 0 Å². The molecule has 3 amide bonds. The second-order valence-electron chi connectivity index (χ2n) is 8.34. The molecule has 1 aliphatic carbocycles. The van der Waals surface area contributed by atoms with Crippen molar-refractivity contribution in [2.75, 3.05) is 13.7 Å². The zero-order chi connectivity index (χ0) is 24.0. The Morgan fingerprint density at radius 1 is 1.21 bits per heavy atom. The lowest BCUT2D eigenvalue weighted by Gasteiger charge is -2.23. The molecule has 1 saturated heterocycles. The smallest absolute Gasteiger partial charge is 0.328 e. The van der Waals surface area contributed by atoms with E-state index in [0.717, 1.165) is 25.0 Å². The van der Waals surface area contributed by atoms with Crippen LogP contribution < -0.4 is 16.0 Å². The van der Waals surface area contributed by atoms with E-state index in [1.54, 1.807) is 0 Å². The van der Waals surface area contributed by atoms with Crippen molar-refractivity contribution in [3.8, 4) is 0 Å². The second-order valence-corrected chi connectivity index (χ2v) is 8.77. The molecule has 1 aliphatic heterocycles. The van der Waals surface area contributed by atoms with Crippen LogP contribution in [0.3, 0.4) is 0 Å². The van der Waals surface area contributed by atoms with E-state index < -0.39 is 41.6 Å². The van der Waals surface area contributed by atoms with Crippen LogP contribution in [0.4, 0.5) is 4.39 Å². The van der Waals surface area contributed by atoms with Crippen LogP contribution >= 0.6 is 11.6 Å². The molecule has 0 bridgehead atoms. The number of amides is 3. The molecule has 8 nitrogen and oxygen atoms in total. The molecule has 1 heterocycles. The van der Waals surface area contributed by atoms with Crippen molar-refractivity contribution in [1.82, 2.24) is 16.0 Å². The lowest BCUT2D eigenvalue weighted by molar-refractivity contribution is -0.146. The number of halogens is 2. The number of esters is 1. The Labute approximate surface area is 196 Å². The van der Waals surface area contributed by atoms with Gasteiger partial charge in [-0.25, -0.2) is 9.18 Å². The van der Waals surface area contributed by atoms with E-state index in [1.807, 2.05) is 0 Å². The van der Waals surface area contributed by atoms with Crippen molar-refractivity contribution in [3.63, 3.8) is 0 Å². The largest absolute Gasteiger partial charge is 0.467 e. The standard InChI is InChI=1S/C23H27ClFN3O5/c1-33-23(32)19(11-15-8-9-26-21(15)30)28-22(31)18(10-13-2-3-13)27-20(29)7-5-14-4-6-16(24)12-17(14)25/h4-7,12-13,15,18-19H,2-3,8-11H2,1H3,(H,26,30)(H,27,29)(H,28,31)/b7-5+/t15-,18-,19-/m0/s1. The SMILES string of the molecule is COC(=O)[C@H](C[C@@H]1CCNC1=O)NC(=O)[C@H](CC1CC1)NC(=O)/C=C/c1ccc(Cl)cc1F. The van der Waals surface area contributed by atoms with Gasteiger partial charge in [0.2, 0.25) is 17.7 Å². The van der Waals surface area contributed by atoms with Gasteiger partial charge in [0.1, 0.15) is 17.9 Å². The van der Waals surface area contributed by atoms with Gasteiger partial charge >= 0.3 is 5.97 Å². The topological polar surface area (TPSA) is 114 Å². The van der Waals surface area contributed by atoms with E-state index in [-0.39, 0.29) is 22.9 Å². The summed E-state index contributed by atoms with van der Waals surface area (Å²) < 4.78 is 18.7. The Bertz CT molecular complexity index is 950. The molecule has 2 aliphatic rings. The number of benzene rings is 1. The molecule has 3 atom stereocenters. The van der Waals surface area contributed by atoms with E-state index >= 15 is 0 Å². The summed E-state index contributed by atoms with van der Waals surface area (Å²) in [6.07, 6.45) is 5.44. The van der Waals surface area contributed by atoms with Gasteiger partial charge in [0.05, 0.1) is 7.11 Å². The molecular formula is C23H27ClFN3O5. The average Bonchev–Trinajstić information content (AvgIpc) is 3.51. The molecule has 1 aromatic rings. The Morgan fingerprint density at radius 2 is 1.97 bits per heavy atom. The Kier molecular flexibility index (Phi) is 8.43. The normalized spacial score (nSPS) is 19.6. The minimum Gasteiger partial charge on any atom is -0.467 e. The molecule has 1 saturated carbocycles. The van der Waals surface area contributed by atoms with E-state index in [9.17, 15) is 23.6 Å². The Hall–Kier alpha value is -2.94. The van der Waals surface area contributed by atoms with E-state index in [0.29, 0.717) is 25.3 Å². The fourth-order valence-electron chi connectivity index (χ4n) is 3.72. The van der Waals surface area contributed by atoms with Gasteiger partial charge in [0, 0.05) is 29.1 Å². The molecule has 1 aromatic carbocycles. The molecule has 0 aromatic heterocycles. The van der Waals surface area contributed by atoms with Gasteiger partial charge in [-0.1, -0.05) is 30.5 Å². The maximum absolute atomic E-state index is 13.9. The van der Waals surface area contributed by atoms with Gasteiger partial charge in [0.25, 0.3) is 0 Å². The Balaban J connectivity index is 1.65. The number of hydrogen-bond acceptors (Lipinski definition) is 5. The number of ether oxygens (including phenoxy) is 1. The van der Waals surface area contributed by atoms with Crippen molar-refractivity contribution < 1.29 is 28.3 Å². The van der Waals surface area contributed by atoms with E-state index in [2.05, 4.69) is 16.0 Å². The summed E-state index contributed by atoms with van der Waals surface area (Å²) in [7, 11) is 1.21. The highest BCUT2D eigenvalue weighted by molar-refractivity contribution is 6.30. The minimum absolute atomic E-state index is 0.115. The van der Waals surface area contributed by atoms with Crippen LogP contribution in [0.1, 0.15) is 37.7 Å². The molecule has 0 unspecified atom stereocenters. The third-order valence-corrected chi connectivity index (χ3v) is 6.00. The van der Waals surface area contributed by atoms with Crippen LogP contribution in [0.15, 0.2) is 24.3 Å². The van der Waals surface area contributed by atoms with Crippen LogP contribution in [-0.4, -0.2) is 49.4 Å². The fourth-order valence-corrected chi connectivity index (χ4v) is 3.88. The lowest BCUT2D eigenvalue weighted by Crippen LogP contribution is -2.52.